The number of benzene rings is 1. The molecule has 2 aliphatic rings. The molecule has 166 valence electrons. The van der Waals surface area contributed by atoms with Gasteiger partial charge < -0.3 is 15.1 Å². The van der Waals surface area contributed by atoms with Crippen molar-refractivity contribution in [1.29, 1.82) is 0 Å². The van der Waals surface area contributed by atoms with Crippen LogP contribution in [0.4, 0.5) is 19.1 Å². The minimum Gasteiger partial charge on any atom is -0.341 e. The second kappa shape index (κ2) is 9.21. The fraction of sp³-hybridized carbons (Fsp3) is 0.500. The third kappa shape index (κ3) is 5.33. The molecule has 0 aliphatic carbocycles. The number of amides is 1. The lowest BCUT2D eigenvalue weighted by Gasteiger charge is -2.26. The second-order valence-electron chi connectivity index (χ2n) is 8.09. The highest BCUT2D eigenvalue weighted by molar-refractivity contribution is 5.78. The maximum Gasteiger partial charge on any atom is 0.416 e. The molecule has 1 amide bonds. The van der Waals surface area contributed by atoms with Gasteiger partial charge in [-0.15, -0.1) is 0 Å². The summed E-state index contributed by atoms with van der Waals surface area (Å²) in [6.07, 6.45) is 2.63. The first-order valence-corrected chi connectivity index (χ1v) is 10.6. The standard InChI is InChI=1S/C22H26F3N5O/c23-22(24,25)18-6-3-5-17(11-18)19(15-30-10-4-7-20(30)31)26-12-16-13-27-21(28-14-16)29-8-1-2-9-29/h3,5-6,11,13-14,19,26H,1-2,4,7-10,12,15H2/t19-/m0/s1. The van der Waals surface area contributed by atoms with Crippen molar-refractivity contribution in [2.75, 3.05) is 31.1 Å². The normalized spacial score (nSPS) is 18.1. The Balaban J connectivity index is 1.48. The Hall–Kier alpha value is -2.68. The fourth-order valence-electron chi connectivity index (χ4n) is 4.10. The molecule has 1 atom stereocenters. The van der Waals surface area contributed by atoms with E-state index >= 15 is 0 Å². The lowest BCUT2D eigenvalue weighted by molar-refractivity contribution is -0.137. The monoisotopic (exact) mass is 433 g/mol. The molecule has 0 radical (unpaired) electrons. The molecule has 1 aromatic carbocycles. The minimum atomic E-state index is -4.41. The van der Waals surface area contributed by atoms with Crippen LogP contribution in [0.15, 0.2) is 36.7 Å². The third-order valence-corrected chi connectivity index (χ3v) is 5.82. The van der Waals surface area contributed by atoms with E-state index in [1.807, 2.05) is 0 Å². The molecule has 0 saturated carbocycles. The molecule has 2 fully saturated rings. The first kappa shape index (κ1) is 21.5. The zero-order valence-electron chi connectivity index (χ0n) is 17.2. The van der Waals surface area contributed by atoms with Gasteiger partial charge in [0.25, 0.3) is 0 Å². The number of halogens is 3. The van der Waals surface area contributed by atoms with Gasteiger partial charge in [0, 0.05) is 57.1 Å². The van der Waals surface area contributed by atoms with Crippen molar-refractivity contribution < 1.29 is 18.0 Å². The van der Waals surface area contributed by atoms with Crippen LogP contribution >= 0.6 is 0 Å². The molecule has 2 saturated heterocycles. The summed E-state index contributed by atoms with van der Waals surface area (Å²) in [7, 11) is 0. The number of alkyl halides is 3. The molecule has 1 N–H and O–H groups in total. The average Bonchev–Trinajstić information content (AvgIpc) is 3.43. The van der Waals surface area contributed by atoms with Crippen LogP contribution in [0.2, 0.25) is 0 Å². The van der Waals surface area contributed by atoms with Crippen molar-refractivity contribution in [3.63, 3.8) is 0 Å². The van der Waals surface area contributed by atoms with Gasteiger partial charge in [-0.2, -0.15) is 13.2 Å². The highest BCUT2D eigenvalue weighted by atomic mass is 19.4. The van der Waals surface area contributed by atoms with Crippen LogP contribution in [0, 0.1) is 0 Å². The van der Waals surface area contributed by atoms with E-state index in [9.17, 15) is 18.0 Å². The fourth-order valence-corrected chi connectivity index (χ4v) is 4.10. The quantitative estimate of drug-likeness (QED) is 0.724. The van der Waals surface area contributed by atoms with Crippen LogP contribution in [0.1, 0.15) is 48.4 Å². The van der Waals surface area contributed by atoms with E-state index in [1.54, 1.807) is 23.4 Å². The van der Waals surface area contributed by atoms with Gasteiger partial charge in [0.05, 0.1) is 11.6 Å². The van der Waals surface area contributed by atoms with Gasteiger partial charge in [0.2, 0.25) is 11.9 Å². The number of carbonyl (C=O) groups excluding carboxylic acids is 1. The second-order valence-corrected chi connectivity index (χ2v) is 8.09. The van der Waals surface area contributed by atoms with E-state index in [0.29, 0.717) is 37.6 Å². The van der Waals surface area contributed by atoms with Crippen molar-refractivity contribution >= 4 is 11.9 Å². The first-order valence-electron chi connectivity index (χ1n) is 10.6. The number of nitrogens with zero attached hydrogens (tertiary/aromatic N) is 4. The van der Waals surface area contributed by atoms with Crippen LogP contribution in [0.25, 0.3) is 0 Å². The van der Waals surface area contributed by atoms with Crippen LogP contribution in [0.3, 0.4) is 0 Å². The van der Waals surface area contributed by atoms with E-state index < -0.39 is 17.8 Å². The number of likely N-dealkylation sites (tertiary alicyclic amines) is 1. The van der Waals surface area contributed by atoms with Gasteiger partial charge in [-0.3, -0.25) is 4.79 Å². The van der Waals surface area contributed by atoms with E-state index in [2.05, 4.69) is 20.2 Å². The number of anilines is 1. The number of hydrogen-bond acceptors (Lipinski definition) is 5. The molecule has 1 aromatic heterocycles. The van der Waals surface area contributed by atoms with Gasteiger partial charge in [-0.25, -0.2) is 9.97 Å². The highest BCUT2D eigenvalue weighted by Gasteiger charge is 2.31. The number of rotatable bonds is 7. The summed E-state index contributed by atoms with van der Waals surface area (Å²) in [5.74, 6) is 0.746. The summed E-state index contributed by atoms with van der Waals surface area (Å²) in [6, 6.07) is 4.87. The summed E-state index contributed by atoms with van der Waals surface area (Å²) in [5, 5.41) is 3.31. The van der Waals surface area contributed by atoms with Crippen molar-refractivity contribution in [3.05, 3.63) is 53.3 Å². The molecule has 31 heavy (non-hydrogen) atoms. The topological polar surface area (TPSA) is 61.4 Å². The van der Waals surface area contributed by atoms with Crippen LogP contribution in [-0.2, 0) is 17.5 Å². The van der Waals surface area contributed by atoms with Crippen LogP contribution < -0.4 is 10.2 Å². The Kier molecular flexibility index (Phi) is 6.41. The van der Waals surface area contributed by atoms with Crippen molar-refractivity contribution in [2.24, 2.45) is 0 Å². The van der Waals surface area contributed by atoms with Gasteiger partial charge in [-0.05, 0) is 37.0 Å². The van der Waals surface area contributed by atoms with E-state index in [0.717, 1.165) is 50.0 Å². The number of aromatic nitrogens is 2. The molecular formula is C22H26F3N5O. The highest BCUT2D eigenvalue weighted by Crippen LogP contribution is 2.31. The number of carbonyl (C=O) groups is 1. The van der Waals surface area contributed by atoms with Crippen LogP contribution in [-0.4, -0.2) is 47.0 Å². The summed E-state index contributed by atoms with van der Waals surface area (Å²) in [4.78, 5) is 24.8. The lowest BCUT2D eigenvalue weighted by atomic mass is 10.0. The summed E-state index contributed by atoms with van der Waals surface area (Å²) in [5.41, 5.74) is 0.652. The molecule has 0 spiro atoms. The smallest absolute Gasteiger partial charge is 0.341 e. The molecule has 6 nitrogen and oxygen atoms in total. The molecular weight excluding hydrogens is 407 g/mol. The Morgan fingerprint density at radius 2 is 1.81 bits per heavy atom. The van der Waals surface area contributed by atoms with E-state index in [1.165, 1.54) is 6.07 Å². The van der Waals surface area contributed by atoms with Gasteiger partial charge in [0.15, 0.2) is 0 Å². The maximum atomic E-state index is 13.2. The molecule has 3 heterocycles. The molecule has 2 aliphatic heterocycles. The summed E-state index contributed by atoms with van der Waals surface area (Å²) >= 11 is 0. The molecule has 4 rings (SSSR count). The zero-order valence-corrected chi connectivity index (χ0v) is 17.2. The van der Waals surface area contributed by atoms with Crippen molar-refractivity contribution in [3.8, 4) is 0 Å². The number of hydrogen-bond donors (Lipinski definition) is 1. The molecule has 0 bridgehead atoms. The Labute approximate surface area is 179 Å². The maximum absolute atomic E-state index is 13.2. The predicted molar refractivity (Wildman–Crippen MR) is 110 cm³/mol. The summed E-state index contributed by atoms with van der Waals surface area (Å²) in [6.45, 7) is 3.26. The lowest BCUT2D eigenvalue weighted by Crippen LogP contribution is -2.36. The first-order chi connectivity index (χ1) is 14.9. The molecule has 2 aromatic rings. The van der Waals surface area contributed by atoms with Gasteiger partial charge in [0.1, 0.15) is 0 Å². The SMILES string of the molecule is O=C1CCCN1C[C@H](NCc1cnc(N2CCCC2)nc1)c1cccc(C(F)(F)F)c1. The number of nitrogens with one attached hydrogen (secondary N) is 1. The molecule has 0 unspecified atom stereocenters. The Bertz CT molecular complexity index is 897. The Morgan fingerprint density at radius 1 is 1.06 bits per heavy atom. The van der Waals surface area contributed by atoms with Gasteiger partial charge >= 0.3 is 6.18 Å². The average molecular weight is 433 g/mol. The summed E-state index contributed by atoms with van der Waals surface area (Å²) < 4.78 is 39.6. The predicted octanol–water partition coefficient (Wildman–Crippen LogP) is 3.55. The van der Waals surface area contributed by atoms with E-state index in [4.69, 9.17) is 0 Å². The third-order valence-electron chi connectivity index (χ3n) is 5.82. The van der Waals surface area contributed by atoms with Gasteiger partial charge in [-0.1, -0.05) is 12.1 Å². The van der Waals surface area contributed by atoms with E-state index in [-0.39, 0.29) is 5.91 Å². The molecule has 9 heteroatoms. The largest absolute Gasteiger partial charge is 0.416 e. The minimum absolute atomic E-state index is 0.0390. The zero-order chi connectivity index (χ0) is 21.8. The van der Waals surface area contributed by atoms with Crippen molar-refractivity contribution in [2.45, 2.75) is 44.4 Å². The Morgan fingerprint density at radius 3 is 2.45 bits per heavy atom. The van der Waals surface area contributed by atoms with Crippen LogP contribution in [0.5, 0.6) is 0 Å². The van der Waals surface area contributed by atoms with Crippen molar-refractivity contribution in [1.82, 2.24) is 20.2 Å².